The summed E-state index contributed by atoms with van der Waals surface area (Å²) in [5.74, 6) is 2.05. The SMILES string of the molecule is C[C@]12CC[C@@H](O)C(Cl)=C1CC[C@@H]1[C@@H]2CC[C@@]2(C)[C@H]1CC[C@]2(C)O. The van der Waals surface area contributed by atoms with Crippen molar-refractivity contribution in [3.8, 4) is 0 Å². The molecule has 0 aromatic carbocycles. The van der Waals surface area contributed by atoms with Gasteiger partial charge >= 0.3 is 0 Å². The van der Waals surface area contributed by atoms with Crippen LogP contribution >= 0.6 is 11.6 Å². The summed E-state index contributed by atoms with van der Waals surface area (Å²) in [5.41, 5.74) is 1.12. The van der Waals surface area contributed by atoms with E-state index in [1.54, 1.807) is 0 Å². The number of hydrogen-bond acceptors (Lipinski definition) is 2. The molecule has 0 amide bonds. The largest absolute Gasteiger partial charge is 0.390 e. The van der Waals surface area contributed by atoms with Crippen molar-refractivity contribution in [2.24, 2.45) is 28.6 Å². The van der Waals surface area contributed by atoms with Crippen LogP contribution in [0.2, 0.25) is 0 Å². The molecule has 3 saturated carbocycles. The third-order valence-electron chi connectivity index (χ3n) is 8.75. The van der Waals surface area contributed by atoms with Crippen molar-refractivity contribution in [2.45, 2.75) is 83.8 Å². The number of aliphatic hydroxyl groups excluding tert-OH is 1. The minimum Gasteiger partial charge on any atom is -0.390 e. The van der Waals surface area contributed by atoms with Crippen molar-refractivity contribution in [1.82, 2.24) is 0 Å². The van der Waals surface area contributed by atoms with Crippen LogP contribution < -0.4 is 0 Å². The Labute approximate surface area is 145 Å². The summed E-state index contributed by atoms with van der Waals surface area (Å²) in [4.78, 5) is 0. The van der Waals surface area contributed by atoms with Crippen molar-refractivity contribution in [3.63, 3.8) is 0 Å². The first kappa shape index (κ1) is 16.4. The van der Waals surface area contributed by atoms with Crippen LogP contribution in [0.5, 0.6) is 0 Å². The van der Waals surface area contributed by atoms with E-state index < -0.39 is 11.7 Å². The Morgan fingerprint density at radius 2 is 1.65 bits per heavy atom. The van der Waals surface area contributed by atoms with Gasteiger partial charge in [0.15, 0.2) is 0 Å². The average Bonchev–Trinajstić information content (AvgIpc) is 2.74. The van der Waals surface area contributed by atoms with Gasteiger partial charge in [-0.1, -0.05) is 25.4 Å². The van der Waals surface area contributed by atoms with Gasteiger partial charge in [-0.25, -0.2) is 0 Å². The minimum atomic E-state index is -0.500. The van der Waals surface area contributed by atoms with E-state index in [1.165, 1.54) is 24.8 Å². The summed E-state index contributed by atoms with van der Waals surface area (Å²) < 4.78 is 0. The van der Waals surface area contributed by atoms with E-state index in [4.69, 9.17) is 11.6 Å². The molecular weight excluding hydrogens is 308 g/mol. The van der Waals surface area contributed by atoms with Crippen molar-refractivity contribution >= 4 is 11.6 Å². The maximum Gasteiger partial charge on any atom is 0.0895 e. The minimum absolute atomic E-state index is 0.0870. The van der Waals surface area contributed by atoms with E-state index >= 15 is 0 Å². The zero-order valence-corrected chi connectivity index (χ0v) is 15.5. The Kier molecular flexibility index (Phi) is 3.56. The Balaban J connectivity index is 1.71. The van der Waals surface area contributed by atoms with Gasteiger partial charge in [0.1, 0.15) is 0 Å². The molecule has 0 bridgehead atoms. The third kappa shape index (κ3) is 2.01. The fourth-order valence-corrected chi connectivity index (χ4v) is 7.46. The Morgan fingerprint density at radius 1 is 0.957 bits per heavy atom. The number of aliphatic hydroxyl groups is 2. The van der Waals surface area contributed by atoms with Crippen LogP contribution in [-0.2, 0) is 0 Å². The van der Waals surface area contributed by atoms with Gasteiger partial charge in [-0.15, -0.1) is 0 Å². The molecule has 23 heavy (non-hydrogen) atoms. The van der Waals surface area contributed by atoms with E-state index in [1.807, 2.05) is 0 Å². The zero-order chi connectivity index (χ0) is 16.6. The topological polar surface area (TPSA) is 40.5 Å². The van der Waals surface area contributed by atoms with Gasteiger partial charge in [0, 0.05) is 5.03 Å². The van der Waals surface area contributed by atoms with Crippen LogP contribution in [0, 0.1) is 28.6 Å². The van der Waals surface area contributed by atoms with E-state index in [2.05, 4.69) is 20.8 Å². The third-order valence-corrected chi connectivity index (χ3v) is 9.23. The number of rotatable bonds is 0. The number of allylic oxidation sites excluding steroid dienone is 1. The van der Waals surface area contributed by atoms with Crippen LogP contribution in [0.3, 0.4) is 0 Å². The van der Waals surface area contributed by atoms with Gasteiger partial charge in [-0.3, -0.25) is 0 Å². The van der Waals surface area contributed by atoms with E-state index in [-0.39, 0.29) is 10.8 Å². The van der Waals surface area contributed by atoms with Crippen LogP contribution in [0.4, 0.5) is 0 Å². The Bertz CT molecular complexity index is 554. The van der Waals surface area contributed by atoms with Crippen LogP contribution in [0.15, 0.2) is 10.6 Å². The highest BCUT2D eigenvalue weighted by Gasteiger charge is 2.62. The van der Waals surface area contributed by atoms with Crippen molar-refractivity contribution < 1.29 is 10.2 Å². The maximum atomic E-state index is 10.9. The molecule has 3 fully saturated rings. The zero-order valence-electron chi connectivity index (χ0n) is 14.7. The lowest BCUT2D eigenvalue weighted by Gasteiger charge is -2.59. The highest BCUT2D eigenvalue weighted by atomic mass is 35.5. The van der Waals surface area contributed by atoms with Gasteiger partial charge in [-0.05, 0) is 92.4 Å². The van der Waals surface area contributed by atoms with Crippen molar-refractivity contribution in [1.29, 1.82) is 0 Å². The Hall–Kier alpha value is -0.0500. The van der Waals surface area contributed by atoms with Gasteiger partial charge in [-0.2, -0.15) is 0 Å². The molecular formula is C20H31ClO2. The van der Waals surface area contributed by atoms with Crippen molar-refractivity contribution in [3.05, 3.63) is 10.6 Å². The first-order chi connectivity index (χ1) is 10.7. The molecule has 4 aliphatic carbocycles. The smallest absolute Gasteiger partial charge is 0.0895 e. The number of fused-ring (bicyclic) bond motifs is 5. The summed E-state index contributed by atoms with van der Waals surface area (Å²) in [6.45, 7) is 6.81. The Morgan fingerprint density at radius 3 is 2.39 bits per heavy atom. The predicted molar refractivity (Wildman–Crippen MR) is 93.1 cm³/mol. The lowest BCUT2D eigenvalue weighted by molar-refractivity contribution is -0.119. The second-order valence-electron chi connectivity index (χ2n) is 9.48. The molecule has 2 N–H and O–H groups in total. The molecule has 0 saturated heterocycles. The lowest BCUT2D eigenvalue weighted by atomic mass is 9.46. The molecule has 130 valence electrons. The molecule has 0 aliphatic heterocycles. The summed E-state index contributed by atoms with van der Waals surface area (Å²) in [5, 5.41) is 21.9. The lowest BCUT2D eigenvalue weighted by Crippen LogP contribution is -2.54. The van der Waals surface area contributed by atoms with Crippen LogP contribution in [-0.4, -0.2) is 21.9 Å². The first-order valence-electron chi connectivity index (χ1n) is 9.50. The van der Waals surface area contributed by atoms with Crippen molar-refractivity contribution in [2.75, 3.05) is 0 Å². The molecule has 0 heterocycles. The standard InChI is InChI=1S/C20H31ClO2/c1-18-9-8-16(22)17(21)15(18)5-4-12-13(18)6-10-19(2)14(12)7-11-20(19,3)23/h12-14,16,22-23H,4-11H2,1-3H3/t12-,13+,14+,16-,18-,19+,20+/m1/s1. The average molecular weight is 339 g/mol. The maximum absolute atomic E-state index is 10.9. The second-order valence-corrected chi connectivity index (χ2v) is 9.89. The summed E-state index contributed by atoms with van der Waals surface area (Å²) >= 11 is 6.54. The van der Waals surface area contributed by atoms with Crippen LogP contribution in [0.25, 0.3) is 0 Å². The first-order valence-corrected chi connectivity index (χ1v) is 9.88. The normalized spacial score (nSPS) is 56.1. The van der Waals surface area contributed by atoms with Gasteiger partial charge in [0.25, 0.3) is 0 Å². The molecule has 0 aromatic heterocycles. The predicted octanol–water partition coefficient (Wildman–Crippen LogP) is 4.63. The molecule has 3 heteroatoms. The highest BCUT2D eigenvalue weighted by molar-refractivity contribution is 6.30. The van der Waals surface area contributed by atoms with Gasteiger partial charge in [0.05, 0.1) is 11.7 Å². The molecule has 4 rings (SSSR count). The number of hydrogen-bond donors (Lipinski definition) is 2. The fraction of sp³-hybridized carbons (Fsp3) is 0.900. The highest BCUT2D eigenvalue weighted by Crippen LogP contribution is 2.68. The number of halogens is 1. The fourth-order valence-electron chi connectivity index (χ4n) is 7.04. The molecule has 2 nitrogen and oxygen atoms in total. The van der Waals surface area contributed by atoms with E-state index in [0.29, 0.717) is 11.8 Å². The van der Waals surface area contributed by atoms with Crippen LogP contribution in [0.1, 0.15) is 72.1 Å². The van der Waals surface area contributed by atoms with E-state index in [9.17, 15) is 10.2 Å². The summed E-state index contributed by atoms with van der Waals surface area (Å²) in [6, 6.07) is 0. The second kappa shape index (κ2) is 4.99. The molecule has 0 unspecified atom stereocenters. The quantitative estimate of drug-likeness (QED) is 0.676. The summed E-state index contributed by atoms with van der Waals surface area (Å²) in [6.07, 6.45) is 8.15. The molecule has 0 spiro atoms. The van der Waals surface area contributed by atoms with Gasteiger partial charge in [0.2, 0.25) is 0 Å². The van der Waals surface area contributed by atoms with E-state index in [0.717, 1.165) is 43.1 Å². The molecule has 7 atom stereocenters. The summed E-state index contributed by atoms with van der Waals surface area (Å²) in [7, 11) is 0. The monoisotopic (exact) mass is 338 g/mol. The van der Waals surface area contributed by atoms with Gasteiger partial charge < -0.3 is 10.2 Å². The molecule has 0 aromatic rings. The molecule has 4 aliphatic rings. The molecule has 0 radical (unpaired) electrons.